The molecule has 1 heterocycles. The minimum Gasteiger partial charge on any atom is -0.311 e. The van der Waals surface area contributed by atoms with Gasteiger partial charge in [-0.1, -0.05) is 65.0 Å². The average molecular weight is 288 g/mol. The molecule has 0 aliphatic carbocycles. The lowest BCUT2D eigenvalue weighted by Gasteiger charge is -2.47. The van der Waals surface area contributed by atoms with Gasteiger partial charge in [0.2, 0.25) is 0 Å². The average Bonchev–Trinajstić information content (AvgIpc) is 2.48. The zero-order valence-corrected chi connectivity index (χ0v) is 14.3. The highest BCUT2D eigenvalue weighted by Crippen LogP contribution is 2.31. The summed E-state index contributed by atoms with van der Waals surface area (Å²) in [6.45, 7) is 14.0. The summed E-state index contributed by atoms with van der Waals surface area (Å²) in [7, 11) is 0. The molecule has 1 aromatic carbocycles. The zero-order chi connectivity index (χ0) is 15.4. The maximum absolute atomic E-state index is 3.77. The summed E-state index contributed by atoms with van der Waals surface area (Å²) in [5, 5.41) is 3.77. The molecule has 1 aromatic rings. The van der Waals surface area contributed by atoms with Gasteiger partial charge in [-0.3, -0.25) is 4.90 Å². The van der Waals surface area contributed by atoms with Crippen LogP contribution in [0.2, 0.25) is 0 Å². The topological polar surface area (TPSA) is 15.3 Å². The SMILES string of the molecule is CCC(c1ccccc1)N1CC(C(C)C)NCC1C(C)C. The molecule has 1 aliphatic rings. The molecule has 0 saturated carbocycles. The summed E-state index contributed by atoms with van der Waals surface area (Å²) < 4.78 is 0. The predicted octanol–water partition coefficient (Wildman–Crippen LogP) is 4.09. The van der Waals surface area contributed by atoms with Gasteiger partial charge in [-0.2, -0.15) is 0 Å². The Balaban J connectivity index is 2.25. The highest BCUT2D eigenvalue weighted by Gasteiger charge is 2.35. The van der Waals surface area contributed by atoms with Crippen molar-refractivity contribution in [2.45, 2.75) is 59.2 Å². The van der Waals surface area contributed by atoms with E-state index in [0.717, 1.165) is 13.1 Å². The number of nitrogens with zero attached hydrogens (tertiary/aromatic N) is 1. The molecule has 2 heteroatoms. The highest BCUT2D eigenvalue weighted by molar-refractivity contribution is 5.19. The fraction of sp³-hybridized carbons (Fsp3) is 0.684. The van der Waals surface area contributed by atoms with Crippen molar-refractivity contribution in [2.24, 2.45) is 11.8 Å². The molecule has 1 N–H and O–H groups in total. The molecule has 21 heavy (non-hydrogen) atoms. The van der Waals surface area contributed by atoms with Crippen LogP contribution in [-0.4, -0.2) is 30.1 Å². The van der Waals surface area contributed by atoms with Gasteiger partial charge < -0.3 is 5.32 Å². The maximum Gasteiger partial charge on any atom is 0.0349 e. The molecular formula is C19H32N2. The second kappa shape index (κ2) is 7.42. The van der Waals surface area contributed by atoms with E-state index in [9.17, 15) is 0 Å². The summed E-state index contributed by atoms with van der Waals surface area (Å²) in [5.41, 5.74) is 1.47. The summed E-state index contributed by atoms with van der Waals surface area (Å²) >= 11 is 0. The first-order valence-corrected chi connectivity index (χ1v) is 8.58. The van der Waals surface area contributed by atoms with Gasteiger partial charge in [-0.15, -0.1) is 0 Å². The summed E-state index contributed by atoms with van der Waals surface area (Å²) in [6, 6.07) is 12.8. The molecule has 2 rings (SSSR count). The van der Waals surface area contributed by atoms with E-state index in [-0.39, 0.29) is 0 Å². The Morgan fingerprint density at radius 3 is 2.29 bits per heavy atom. The summed E-state index contributed by atoms with van der Waals surface area (Å²) in [4.78, 5) is 2.77. The fourth-order valence-corrected chi connectivity index (χ4v) is 3.58. The Morgan fingerprint density at radius 2 is 1.76 bits per heavy atom. The molecule has 1 aliphatic heterocycles. The van der Waals surface area contributed by atoms with Crippen LogP contribution in [0.25, 0.3) is 0 Å². The minimum atomic E-state index is 0.543. The largest absolute Gasteiger partial charge is 0.311 e. The lowest BCUT2D eigenvalue weighted by atomic mass is 9.90. The number of hydrogen-bond donors (Lipinski definition) is 1. The normalized spacial score (nSPS) is 25.5. The third kappa shape index (κ3) is 3.87. The van der Waals surface area contributed by atoms with Crippen molar-refractivity contribution in [1.82, 2.24) is 10.2 Å². The van der Waals surface area contributed by atoms with Crippen LogP contribution in [0.15, 0.2) is 30.3 Å². The van der Waals surface area contributed by atoms with E-state index in [0.29, 0.717) is 30.0 Å². The standard InChI is InChI=1S/C19H32N2/c1-6-18(16-10-8-7-9-11-16)21-13-17(14(2)3)20-12-19(21)15(4)5/h7-11,14-15,17-20H,6,12-13H2,1-5H3. The Hall–Kier alpha value is -0.860. The molecule has 0 aromatic heterocycles. The number of rotatable bonds is 5. The van der Waals surface area contributed by atoms with Crippen LogP contribution in [0.3, 0.4) is 0 Å². The number of nitrogens with one attached hydrogen (secondary N) is 1. The van der Waals surface area contributed by atoms with Crippen LogP contribution in [0, 0.1) is 11.8 Å². The van der Waals surface area contributed by atoms with E-state index < -0.39 is 0 Å². The Labute approximate surface area is 130 Å². The van der Waals surface area contributed by atoms with Gasteiger partial charge in [0.1, 0.15) is 0 Å². The van der Waals surface area contributed by atoms with Crippen LogP contribution < -0.4 is 5.32 Å². The van der Waals surface area contributed by atoms with Crippen molar-refractivity contribution < 1.29 is 0 Å². The van der Waals surface area contributed by atoms with Crippen LogP contribution in [0.1, 0.15) is 52.6 Å². The number of hydrogen-bond acceptors (Lipinski definition) is 2. The molecular weight excluding hydrogens is 256 g/mol. The molecule has 3 atom stereocenters. The predicted molar refractivity (Wildman–Crippen MR) is 91.4 cm³/mol. The van der Waals surface area contributed by atoms with Gasteiger partial charge in [-0.25, -0.2) is 0 Å². The monoisotopic (exact) mass is 288 g/mol. The Morgan fingerprint density at radius 1 is 1.10 bits per heavy atom. The lowest BCUT2D eigenvalue weighted by molar-refractivity contribution is 0.0429. The van der Waals surface area contributed by atoms with Crippen LogP contribution >= 0.6 is 0 Å². The molecule has 1 saturated heterocycles. The van der Waals surface area contributed by atoms with E-state index >= 15 is 0 Å². The zero-order valence-electron chi connectivity index (χ0n) is 14.3. The van der Waals surface area contributed by atoms with Crippen molar-refractivity contribution in [3.05, 3.63) is 35.9 Å². The second-order valence-electron chi connectivity index (χ2n) is 7.10. The molecule has 0 bridgehead atoms. The Bertz CT molecular complexity index is 413. The van der Waals surface area contributed by atoms with Gasteiger partial charge in [0.15, 0.2) is 0 Å². The number of benzene rings is 1. The minimum absolute atomic E-state index is 0.543. The second-order valence-corrected chi connectivity index (χ2v) is 7.10. The fourth-order valence-electron chi connectivity index (χ4n) is 3.58. The van der Waals surface area contributed by atoms with Crippen LogP contribution in [0.4, 0.5) is 0 Å². The molecule has 0 amide bonds. The third-order valence-corrected chi connectivity index (χ3v) is 4.97. The van der Waals surface area contributed by atoms with Gasteiger partial charge in [0.05, 0.1) is 0 Å². The van der Waals surface area contributed by atoms with Gasteiger partial charge >= 0.3 is 0 Å². The van der Waals surface area contributed by atoms with E-state index in [2.05, 4.69) is 75.2 Å². The van der Waals surface area contributed by atoms with Crippen LogP contribution in [0.5, 0.6) is 0 Å². The maximum atomic E-state index is 3.77. The number of piperazine rings is 1. The third-order valence-electron chi connectivity index (χ3n) is 4.97. The summed E-state index contributed by atoms with van der Waals surface area (Å²) in [6.07, 6.45) is 1.18. The first-order valence-electron chi connectivity index (χ1n) is 8.58. The lowest BCUT2D eigenvalue weighted by Crippen LogP contribution is -2.60. The van der Waals surface area contributed by atoms with Gasteiger partial charge in [0.25, 0.3) is 0 Å². The molecule has 0 radical (unpaired) electrons. The first-order chi connectivity index (χ1) is 10.0. The molecule has 1 fully saturated rings. The highest BCUT2D eigenvalue weighted by atomic mass is 15.3. The first kappa shape index (κ1) is 16.5. The van der Waals surface area contributed by atoms with Crippen LogP contribution in [-0.2, 0) is 0 Å². The van der Waals surface area contributed by atoms with Gasteiger partial charge in [-0.05, 0) is 23.8 Å². The summed E-state index contributed by atoms with van der Waals surface area (Å²) in [5.74, 6) is 1.37. The molecule has 118 valence electrons. The van der Waals surface area contributed by atoms with Crippen molar-refractivity contribution >= 4 is 0 Å². The molecule has 3 unspecified atom stereocenters. The smallest absolute Gasteiger partial charge is 0.0349 e. The van der Waals surface area contributed by atoms with E-state index in [1.54, 1.807) is 0 Å². The quantitative estimate of drug-likeness (QED) is 0.878. The van der Waals surface area contributed by atoms with E-state index in [1.807, 2.05) is 0 Å². The molecule has 2 nitrogen and oxygen atoms in total. The van der Waals surface area contributed by atoms with E-state index in [1.165, 1.54) is 12.0 Å². The van der Waals surface area contributed by atoms with Crippen molar-refractivity contribution in [3.8, 4) is 0 Å². The van der Waals surface area contributed by atoms with E-state index in [4.69, 9.17) is 0 Å². The van der Waals surface area contributed by atoms with Crippen molar-refractivity contribution in [1.29, 1.82) is 0 Å². The van der Waals surface area contributed by atoms with Crippen molar-refractivity contribution in [2.75, 3.05) is 13.1 Å². The van der Waals surface area contributed by atoms with Crippen molar-refractivity contribution in [3.63, 3.8) is 0 Å². The Kier molecular flexibility index (Phi) is 5.83. The molecule has 0 spiro atoms. The van der Waals surface area contributed by atoms with Gasteiger partial charge in [0, 0.05) is 31.2 Å².